The zero-order valence-corrected chi connectivity index (χ0v) is 15.8. The van der Waals surface area contributed by atoms with Crippen LogP contribution in [-0.4, -0.2) is 85.3 Å². The third-order valence-corrected chi connectivity index (χ3v) is 5.25. The lowest BCUT2D eigenvalue weighted by Crippen LogP contribution is -2.59. The van der Waals surface area contributed by atoms with Gasteiger partial charge in [0.2, 0.25) is 12.7 Å². The Labute approximate surface area is 162 Å². The van der Waals surface area contributed by atoms with Gasteiger partial charge in [-0.3, -0.25) is 9.59 Å². The lowest BCUT2D eigenvalue weighted by Gasteiger charge is -2.42. The largest absolute Gasteiger partial charge is 0.454 e. The van der Waals surface area contributed by atoms with Crippen molar-refractivity contribution < 1.29 is 28.6 Å². The molecule has 3 amide bonds. The molecular formula is C19H23N3O6. The van der Waals surface area contributed by atoms with E-state index in [0.29, 0.717) is 62.9 Å². The van der Waals surface area contributed by atoms with Crippen LogP contribution >= 0.6 is 0 Å². The Morgan fingerprint density at radius 1 is 1.00 bits per heavy atom. The fourth-order valence-electron chi connectivity index (χ4n) is 3.60. The molecule has 3 aliphatic rings. The van der Waals surface area contributed by atoms with E-state index in [1.54, 1.807) is 39.8 Å². The molecule has 0 aliphatic carbocycles. The van der Waals surface area contributed by atoms with Gasteiger partial charge in [0.1, 0.15) is 0 Å². The number of benzene rings is 1. The van der Waals surface area contributed by atoms with E-state index in [4.69, 9.17) is 14.2 Å². The minimum atomic E-state index is -0.334. The van der Waals surface area contributed by atoms with Gasteiger partial charge in [0, 0.05) is 44.8 Å². The number of rotatable bonds is 3. The van der Waals surface area contributed by atoms with Crippen molar-refractivity contribution in [1.82, 2.24) is 14.7 Å². The fraction of sp³-hybridized carbons (Fsp3) is 0.526. The van der Waals surface area contributed by atoms with E-state index in [-0.39, 0.29) is 30.6 Å². The van der Waals surface area contributed by atoms with Gasteiger partial charge in [-0.25, -0.2) is 4.79 Å². The van der Waals surface area contributed by atoms with Crippen LogP contribution in [0.3, 0.4) is 0 Å². The molecule has 0 saturated carbocycles. The fourth-order valence-corrected chi connectivity index (χ4v) is 3.60. The van der Waals surface area contributed by atoms with Crippen molar-refractivity contribution in [3.05, 3.63) is 23.8 Å². The summed E-state index contributed by atoms with van der Waals surface area (Å²) in [5.41, 5.74) is 0.526. The van der Waals surface area contributed by atoms with Crippen molar-refractivity contribution >= 4 is 17.9 Å². The van der Waals surface area contributed by atoms with Gasteiger partial charge >= 0.3 is 6.09 Å². The van der Waals surface area contributed by atoms with Gasteiger partial charge in [-0.2, -0.15) is 0 Å². The molecule has 0 atom stereocenters. The Morgan fingerprint density at radius 2 is 1.68 bits per heavy atom. The number of ether oxygens (including phenoxy) is 3. The molecular weight excluding hydrogens is 366 g/mol. The second kappa shape index (κ2) is 7.57. The summed E-state index contributed by atoms with van der Waals surface area (Å²) >= 11 is 0. The highest BCUT2D eigenvalue weighted by atomic mass is 16.7. The van der Waals surface area contributed by atoms with Crippen LogP contribution in [-0.2, 0) is 9.53 Å². The summed E-state index contributed by atoms with van der Waals surface area (Å²) in [5.74, 6) is 0.938. The zero-order chi connectivity index (χ0) is 19.7. The summed E-state index contributed by atoms with van der Waals surface area (Å²) in [6.45, 7) is 5.01. The third-order valence-electron chi connectivity index (χ3n) is 5.25. The number of piperazine rings is 1. The summed E-state index contributed by atoms with van der Waals surface area (Å²) in [6.07, 6.45) is -0.334. The van der Waals surface area contributed by atoms with Gasteiger partial charge in [-0.1, -0.05) is 0 Å². The van der Waals surface area contributed by atoms with E-state index < -0.39 is 0 Å². The highest BCUT2D eigenvalue weighted by molar-refractivity contribution is 5.96. The molecule has 9 heteroatoms. The monoisotopic (exact) mass is 389 g/mol. The standard InChI is InChI=1S/C19H23N3O6/c1-2-26-19(25)21-7-5-20(6-8-21)18(24)14-10-22(11-14)17(23)13-3-4-15-16(9-13)28-12-27-15/h3-4,9,14H,2,5-8,10-12H2,1H3. The van der Waals surface area contributed by atoms with Crippen LogP contribution in [0.4, 0.5) is 4.79 Å². The van der Waals surface area contributed by atoms with Crippen LogP contribution in [0.5, 0.6) is 11.5 Å². The highest BCUT2D eigenvalue weighted by Crippen LogP contribution is 2.33. The molecule has 0 radical (unpaired) electrons. The number of fused-ring (bicyclic) bond motifs is 1. The number of nitrogens with zero attached hydrogens (tertiary/aromatic N) is 3. The molecule has 0 bridgehead atoms. The number of amides is 3. The summed E-state index contributed by atoms with van der Waals surface area (Å²) < 4.78 is 15.6. The number of carbonyl (C=O) groups is 3. The Morgan fingerprint density at radius 3 is 2.39 bits per heavy atom. The SMILES string of the molecule is CCOC(=O)N1CCN(C(=O)C2CN(C(=O)c3ccc4c(c3)OCO4)C2)CC1. The molecule has 2 fully saturated rings. The molecule has 3 aliphatic heterocycles. The Balaban J connectivity index is 1.26. The van der Waals surface area contributed by atoms with Crippen molar-refractivity contribution in [2.24, 2.45) is 5.92 Å². The maximum atomic E-state index is 12.7. The van der Waals surface area contributed by atoms with Gasteiger partial charge in [0.15, 0.2) is 11.5 Å². The van der Waals surface area contributed by atoms with E-state index in [1.807, 2.05) is 0 Å². The van der Waals surface area contributed by atoms with Crippen LogP contribution in [0.1, 0.15) is 17.3 Å². The number of hydrogen-bond acceptors (Lipinski definition) is 6. The normalized spacial score (nSPS) is 18.7. The van der Waals surface area contributed by atoms with E-state index in [1.165, 1.54) is 0 Å². The van der Waals surface area contributed by atoms with Gasteiger partial charge in [-0.15, -0.1) is 0 Å². The first-order valence-corrected chi connectivity index (χ1v) is 9.46. The van der Waals surface area contributed by atoms with Crippen LogP contribution in [0, 0.1) is 5.92 Å². The Kier molecular flexibility index (Phi) is 4.97. The van der Waals surface area contributed by atoms with Crippen LogP contribution in [0.15, 0.2) is 18.2 Å². The number of carbonyl (C=O) groups excluding carboxylic acids is 3. The van der Waals surface area contributed by atoms with Gasteiger partial charge < -0.3 is 28.9 Å². The van der Waals surface area contributed by atoms with Crippen LogP contribution < -0.4 is 9.47 Å². The molecule has 150 valence electrons. The summed E-state index contributed by atoms with van der Waals surface area (Å²) in [5, 5.41) is 0. The molecule has 1 aromatic carbocycles. The second-order valence-corrected chi connectivity index (χ2v) is 6.99. The zero-order valence-electron chi connectivity index (χ0n) is 15.8. The minimum Gasteiger partial charge on any atom is -0.454 e. The average molecular weight is 389 g/mol. The van der Waals surface area contributed by atoms with E-state index >= 15 is 0 Å². The smallest absolute Gasteiger partial charge is 0.409 e. The lowest BCUT2D eigenvalue weighted by atomic mass is 9.96. The average Bonchev–Trinajstić information content (AvgIpc) is 3.14. The lowest BCUT2D eigenvalue weighted by molar-refractivity contribution is -0.141. The highest BCUT2D eigenvalue weighted by Gasteiger charge is 2.39. The Hall–Kier alpha value is -2.97. The quantitative estimate of drug-likeness (QED) is 0.759. The molecule has 3 heterocycles. The second-order valence-electron chi connectivity index (χ2n) is 6.99. The maximum Gasteiger partial charge on any atom is 0.409 e. The molecule has 2 saturated heterocycles. The molecule has 28 heavy (non-hydrogen) atoms. The van der Waals surface area contributed by atoms with Crippen molar-refractivity contribution in [1.29, 1.82) is 0 Å². The van der Waals surface area contributed by atoms with Gasteiger partial charge in [0.05, 0.1) is 12.5 Å². The van der Waals surface area contributed by atoms with Crippen molar-refractivity contribution in [2.75, 3.05) is 52.7 Å². The third kappa shape index (κ3) is 3.44. The number of hydrogen-bond donors (Lipinski definition) is 0. The van der Waals surface area contributed by atoms with Gasteiger partial charge in [-0.05, 0) is 25.1 Å². The topological polar surface area (TPSA) is 88.6 Å². The molecule has 9 nitrogen and oxygen atoms in total. The number of likely N-dealkylation sites (tertiary alicyclic amines) is 1. The van der Waals surface area contributed by atoms with Gasteiger partial charge in [0.25, 0.3) is 5.91 Å². The Bertz CT molecular complexity index is 784. The molecule has 4 rings (SSSR count). The predicted molar refractivity (Wildman–Crippen MR) is 97.1 cm³/mol. The predicted octanol–water partition coefficient (Wildman–Crippen LogP) is 0.788. The van der Waals surface area contributed by atoms with Crippen molar-refractivity contribution in [3.8, 4) is 11.5 Å². The van der Waals surface area contributed by atoms with Crippen molar-refractivity contribution in [2.45, 2.75) is 6.92 Å². The molecule has 0 spiro atoms. The molecule has 0 N–H and O–H groups in total. The van der Waals surface area contributed by atoms with E-state index in [9.17, 15) is 14.4 Å². The first-order chi connectivity index (χ1) is 13.6. The molecule has 0 aromatic heterocycles. The minimum absolute atomic E-state index is 0.0400. The van der Waals surface area contributed by atoms with Crippen LogP contribution in [0.25, 0.3) is 0 Å². The maximum absolute atomic E-state index is 12.7. The summed E-state index contributed by atoms with van der Waals surface area (Å²) in [7, 11) is 0. The first-order valence-electron chi connectivity index (χ1n) is 9.46. The molecule has 1 aromatic rings. The molecule has 0 unspecified atom stereocenters. The van der Waals surface area contributed by atoms with E-state index in [0.717, 1.165) is 0 Å². The van der Waals surface area contributed by atoms with Crippen LogP contribution in [0.2, 0.25) is 0 Å². The summed E-state index contributed by atoms with van der Waals surface area (Å²) in [4.78, 5) is 42.0. The first kappa shape index (κ1) is 18.4. The van der Waals surface area contributed by atoms with E-state index in [2.05, 4.69) is 0 Å². The van der Waals surface area contributed by atoms with Crippen molar-refractivity contribution in [3.63, 3.8) is 0 Å². The summed E-state index contributed by atoms with van der Waals surface area (Å²) in [6, 6.07) is 5.11.